The van der Waals surface area contributed by atoms with Gasteiger partial charge in [-0.15, -0.1) is 0 Å². The topological polar surface area (TPSA) is 0 Å². The summed E-state index contributed by atoms with van der Waals surface area (Å²) in [6.45, 7) is 24.0. The molecule has 5 rings (SSSR count). The Morgan fingerprint density at radius 1 is 0.780 bits per heavy atom. The van der Waals surface area contributed by atoms with Crippen molar-refractivity contribution in [3.05, 3.63) is 131 Å². The van der Waals surface area contributed by atoms with Crippen LogP contribution in [0.1, 0.15) is 102 Å². The SMILES string of the molecule is C=C/C=C1\C(=C/C)C(CCC)(CCC)c2cc(-c3ccc4c(c3)C(C)(C)c3cc(/C(C)=C/C(=C)C)ccc3-4)ccc21. The lowest BCUT2D eigenvalue weighted by atomic mass is 9.71. The molecular formula is C41H46. The van der Waals surface area contributed by atoms with Crippen LogP contribution in [0.25, 0.3) is 33.4 Å². The highest BCUT2D eigenvalue weighted by Gasteiger charge is 2.44. The largest absolute Gasteiger partial charge is 0.0990 e. The van der Waals surface area contributed by atoms with E-state index in [2.05, 4.69) is 134 Å². The molecule has 3 aromatic carbocycles. The summed E-state index contributed by atoms with van der Waals surface area (Å²) in [5.74, 6) is 0. The standard InChI is InChI=1S/C41H46/c1-10-14-32-35-20-17-31(26-39(35)41(21-11-2,22-12-3)36(32)13-4)30-16-19-34-33-18-15-29(28(7)23-27(5)6)24-37(33)40(8,9)38(34)25-30/h10,13-20,23-26H,1,5,11-12,21-22H2,2-4,6-9H3/b28-23+,32-14-,36-13+. The molecule has 0 aromatic heterocycles. The Morgan fingerprint density at radius 3 is 1.90 bits per heavy atom. The predicted octanol–water partition coefficient (Wildman–Crippen LogP) is 12.0. The summed E-state index contributed by atoms with van der Waals surface area (Å²) in [4.78, 5) is 0. The van der Waals surface area contributed by atoms with Crippen molar-refractivity contribution < 1.29 is 0 Å². The fourth-order valence-corrected chi connectivity index (χ4v) is 7.76. The van der Waals surface area contributed by atoms with Gasteiger partial charge in [0, 0.05) is 10.8 Å². The molecule has 0 heterocycles. The van der Waals surface area contributed by atoms with E-state index in [9.17, 15) is 0 Å². The van der Waals surface area contributed by atoms with Gasteiger partial charge in [-0.1, -0.05) is 120 Å². The molecule has 0 atom stereocenters. The third-order valence-corrected chi connectivity index (χ3v) is 9.49. The highest BCUT2D eigenvalue weighted by molar-refractivity contribution is 5.92. The molecule has 3 aromatic rings. The van der Waals surface area contributed by atoms with Crippen molar-refractivity contribution in [2.75, 3.05) is 0 Å². The zero-order chi connectivity index (χ0) is 29.5. The molecule has 0 nitrogen and oxygen atoms in total. The molecule has 0 radical (unpaired) electrons. The van der Waals surface area contributed by atoms with Crippen molar-refractivity contribution in [3.8, 4) is 22.3 Å². The van der Waals surface area contributed by atoms with E-state index in [0.29, 0.717) is 0 Å². The lowest BCUT2D eigenvalue weighted by Gasteiger charge is -2.32. The number of hydrogen-bond donors (Lipinski definition) is 0. The maximum Gasteiger partial charge on any atom is 0.0212 e. The van der Waals surface area contributed by atoms with Crippen LogP contribution in [-0.4, -0.2) is 0 Å². The summed E-state index contributed by atoms with van der Waals surface area (Å²) in [6, 6.07) is 21.3. The van der Waals surface area contributed by atoms with Crippen LogP contribution in [0.4, 0.5) is 0 Å². The van der Waals surface area contributed by atoms with Crippen molar-refractivity contribution in [2.45, 2.75) is 85.0 Å². The lowest BCUT2D eigenvalue weighted by Crippen LogP contribution is -2.25. The van der Waals surface area contributed by atoms with Gasteiger partial charge in [-0.2, -0.15) is 0 Å². The number of benzene rings is 3. The van der Waals surface area contributed by atoms with Gasteiger partial charge in [-0.3, -0.25) is 0 Å². The van der Waals surface area contributed by atoms with Crippen LogP contribution in [0, 0.1) is 0 Å². The van der Waals surface area contributed by atoms with E-state index in [0.717, 1.165) is 18.4 Å². The summed E-state index contributed by atoms with van der Waals surface area (Å²) < 4.78 is 0. The van der Waals surface area contributed by atoms with Gasteiger partial charge >= 0.3 is 0 Å². The zero-order valence-electron chi connectivity index (χ0n) is 26.2. The van der Waals surface area contributed by atoms with Crippen LogP contribution in [0.15, 0.2) is 103 Å². The van der Waals surface area contributed by atoms with Gasteiger partial charge in [-0.05, 0) is 119 Å². The van der Waals surface area contributed by atoms with Gasteiger partial charge in [0.15, 0.2) is 0 Å². The molecule has 0 N–H and O–H groups in total. The predicted molar refractivity (Wildman–Crippen MR) is 181 cm³/mol. The Morgan fingerprint density at radius 2 is 1.34 bits per heavy atom. The van der Waals surface area contributed by atoms with E-state index < -0.39 is 0 Å². The zero-order valence-corrected chi connectivity index (χ0v) is 26.2. The van der Waals surface area contributed by atoms with Gasteiger partial charge in [-0.25, -0.2) is 0 Å². The van der Waals surface area contributed by atoms with Gasteiger partial charge in [0.05, 0.1) is 0 Å². The van der Waals surface area contributed by atoms with Gasteiger partial charge in [0.25, 0.3) is 0 Å². The van der Waals surface area contributed by atoms with E-state index in [4.69, 9.17) is 0 Å². The van der Waals surface area contributed by atoms with Crippen LogP contribution < -0.4 is 0 Å². The van der Waals surface area contributed by atoms with Crippen molar-refractivity contribution in [2.24, 2.45) is 0 Å². The van der Waals surface area contributed by atoms with Gasteiger partial charge in [0.2, 0.25) is 0 Å². The molecule has 0 saturated heterocycles. The van der Waals surface area contributed by atoms with Crippen LogP contribution in [0.3, 0.4) is 0 Å². The number of allylic oxidation sites excluding steroid dienone is 8. The Kier molecular flexibility index (Phi) is 7.73. The number of hydrogen-bond acceptors (Lipinski definition) is 0. The number of rotatable bonds is 8. The molecule has 0 unspecified atom stereocenters. The van der Waals surface area contributed by atoms with Crippen LogP contribution in [0.2, 0.25) is 0 Å². The third kappa shape index (κ3) is 4.62. The van der Waals surface area contributed by atoms with Gasteiger partial charge < -0.3 is 0 Å². The highest BCUT2D eigenvalue weighted by atomic mass is 14.5. The quantitative estimate of drug-likeness (QED) is 0.250. The average Bonchev–Trinajstić information content (AvgIpc) is 3.33. The Balaban J connectivity index is 1.63. The lowest BCUT2D eigenvalue weighted by molar-refractivity contribution is 0.435. The molecular weight excluding hydrogens is 492 g/mol. The van der Waals surface area contributed by atoms with Crippen molar-refractivity contribution in [1.29, 1.82) is 0 Å². The first kappa shape index (κ1) is 28.9. The summed E-state index contributed by atoms with van der Waals surface area (Å²) in [5, 5.41) is 0. The molecule has 0 aliphatic heterocycles. The van der Waals surface area contributed by atoms with Crippen LogP contribution >= 0.6 is 0 Å². The normalized spacial score (nSPS) is 18.4. The second-order valence-corrected chi connectivity index (χ2v) is 12.7. The van der Waals surface area contributed by atoms with E-state index in [1.165, 1.54) is 79.6 Å². The first-order valence-corrected chi connectivity index (χ1v) is 15.4. The maximum atomic E-state index is 4.08. The Labute approximate surface area is 248 Å². The molecule has 41 heavy (non-hydrogen) atoms. The summed E-state index contributed by atoms with van der Waals surface area (Å²) in [6.07, 6.45) is 13.4. The molecule has 0 saturated carbocycles. The third-order valence-electron chi connectivity index (χ3n) is 9.49. The second-order valence-electron chi connectivity index (χ2n) is 12.7. The Hall–Kier alpha value is -3.64. The fourth-order valence-electron chi connectivity index (χ4n) is 7.76. The molecule has 0 bridgehead atoms. The fraction of sp³-hybridized carbons (Fsp3) is 0.317. The molecule has 0 amide bonds. The smallest absolute Gasteiger partial charge is 0.0212 e. The maximum absolute atomic E-state index is 4.08. The molecule has 0 fully saturated rings. The minimum Gasteiger partial charge on any atom is -0.0990 e. The van der Waals surface area contributed by atoms with Gasteiger partial charge in [0.1, 0.15) is 0 Å². The van der Waals surface area contributed by atoms with E-state index in [-0.39, 0.29) is 10.8 Å². The number of fused-ring (bicyclic) bond motifs is 4. The summed E-state index contributed by atoms with van der Waals surface area (Å²) in [5.41, 5.74) is 17.5. The highest BCUT2D eigenvalue weighted by Crippen LogP contribution is 2.56. The molecule has 2 aliphatic rings. The summed E-state index contributed by atoms with van der Waals surface area (Å²) in [7, 11) is 0. The molecule has 0 spiro atoms. The molecule has 210 valence electrons. The molecule has 2 aliphatic carbocycles. The van der Waals surface area contributed by atoms with Crippen LogP contribution in [0.5, 0.6) is 0 Å². The second kappa shape index (κ2) is 11.0. The van der Waals surface area contributed by atoms with Crippen molar-refractivity contribution in [1.82, 2.24) is 0 Å². The first-order valence-electron chi connectivity index (χ1n) is 15.4. The first-order chi connectivity index (χ1) is 19.6. The van der Waals surface area contributed by atoms with Crippen molar-refractivity contribution in [3.63, 3.8) is 0 Å². The average molecular weight is 539 g/mol. The van der Waals surface area contributed by atoms with Crippen molar-refractivity contribution >= 4 is 11.1 Å². The minimum atomic E-state index is -0.0664. The molecule has 0 heteroatoms. The summed E-state index contributed by atoms with van der Waals surface area (Å²) >= 11 is 0. The van der Waals surface area contributed by atoms with E-state index in [1.54, 1.807) is 0 Å². The Bertz CT molecular complexity index is 1620. The monoisotopic (exact) mass is 538 g/mol. The van der Waals surface area contributed by atoms with E-state index in [1.807, 2.05) is 6.08 Å². The van der Waals surface area contributed by atoms with E-state index >= 15 is 0 Å². The van der Waals surface area contributed by atoms with Crippen LogP contribution in [-0.2, 0) is 10.8 Å². The minimum absolute atomic E-state index is 0.0657.